The van der Waals surface area contributed by atoms with Gasteiger partial charge in [-0.3, -0.25) is 4.57 Å². The molecule has 0 aromatic carbocycles. The molecule has 5 nitrogen and oxygen atoms in total. The lowest BCUT2D eigenvalue weighted by atomic mass is 10.1. The average molecular weight is 316 g/mol. The monoisotopic (exact) mass is 315 g/mol. The summed E-state index contributed by atoms with van der Waals surface area (Å²) in [7, 11) is 0. The molecule has 9 heteroatoms. The van der Waals surface area contributed by atoms with Gasteiger partial charge < -0.3 is 5.11 Å². The number of nitrogens with one attached hydrogen (secondary N) is 1. The van der Waals surface area contributed by atoms with Gasteiger partial charge in [-0.1, -0.05) is 6.92 Å². The van der Waals surface area contributed by atoms with Crippen LogP contribution in [0.1, 0.15) is 32.0 Å². The number of aromatic nitrogens is 3. The predicted molar refractivity (Wildman–Crippen MR) is 67.8 cm³/mol. The molecule has 0 aliphatic heterocycles. The summed E-state index contributed by atoms with van der Waals surface area (Å²) in [5.74, 6) is 0.193. The van der Waals surface area contributed by atoms with Gasteiger partial charge in [0.2, 0.25) is 0 Å². The van der Waals surface area contributed by atoms with Crippen LogP contribution in [0.25, 0.3) is 0 Å². The zero-order chi connectivity index (χ0) is 15.3. The zero-order valence-corrected chi connectivity index (χ0v) is 11.7. The van der Waals surface area contributed by atoms with Gasteiger partial charge in [-0.25, -0.2) is 9.89 Å². The molecule has 0 bridgehead atoms. The van der Waals surface area contributed by atoms with Crippen LogP contribution in [-0.4, -0.2) is 37.5 Å². The van der Waals surface area contributed by atoms with Crippen molar-refractivity contribution in [1.29, 1.82) is 0 Å². The first-order chi connectivity index (χ1) is 9.25. The number of alkyl halides is 4. The number of hydrogen-bond donors (Lipinski definition) is 2. The van der Waals surface area contributed by atoms with Gasteiger partial charge >= 0.3 is 11.9 Å². The molecule has 0 aliphatic rings. The molecule has 0 saturated heterocycles. The van der Waals surface area contributed by atoms with Gasteiger partial charge in [0.1, 0.15) is 5.82 Å². The lowest BCUT2D eigenvalue weighted by molar-refractivity contribution is -0.207. The Balaban J connectivity index is 2.68. The zero-order valence-electron chi connectivity index (χ0n) is 11.0. The minimum absolute atomic E-state index is 0.00474. The smallest absolute Gasteiger partial charge is 0.382 e. The SMILES string of the molecule is CCC(Cl)CCCc1n[nH]c(=O)n1CC(O)C(F)(F)F. The molecule has 2 unspecified atom stereocenters. The maximum atomic E-state index is 12.3. The van der Waals surface area contributed by atoms with E-state index in [0.29, 0.717) is 19.3 Å². The molecule has 1 aromatic heterocycles. The van der Waals surface area contributed by atoms with Gasteiger partial charge in [-0.05, 0) is 19.3 Å². The first-order valence-electron chi connectivity index (χ1n) is 6.28. The first kappa shape index (κ1) is 17.0. The standard InChI is InChI=1S/C11H17ClF3N3O2/c1-2-7(12)4-3-5-9-16-17-10(20)18(9)6-8(19)11(13,14)15/h7-8,19H,2-6H2,1H3,(H,17,20). The van der Waals surface area contributed by atoms with Crippen molar-refractivity contribution in [2.45, 2.75) is 56.8 Å². The average Bonchev–Trinajstić information content (AvgIpc) is 2.70. The Hall–Kier alpha value is -1.02. The van der Waals surface area contributed by atoms with Crippen LogP contribution in [0.5, 0.6) is 0 Å². The molecule has 1 heterocycles. The number of aliphatic hydroxyl groups excluding tert-OH is 1. The van der Waals surface area contributed by atoms with Crippen LogP contribution in [0.4, 0.5) is 13.2 Å². The Kier molecular flexibility index (Phi) is 6.07. The van der Waals surface area contributed by atoms with E-state index in [0.717, 1.165) is 11.0 Å². The minimum atomic E-state index is -4.77. The fourth-order valence-electron chi connectivity index (χ4n) is 1.69. The molecule has 0 aliphatic carbocycles. The third-order valence-corrected chi connectivity index (χ3v) is 3.46. The van der Waals surface area contributed by atoms with Gasteiger partial charge in [0.15, 0.2) is 6.10 Å². The second-order valence-corrected chi connectivity index (χ2v) is 5.13. The lowest BCUT2D eigenvalue weighted by Crippen LogP contribution is -2.36. The highest BCUT2D eigenvalue weighted by Crippen LogP contribution is 2.21. The Morgan fingerprint density at radius 1 is 1.50 bits per heavy atom. The van der Waals surface area contributed by atoms with E-state index in [2.05, 4.69) is 10.2 Å². The fourth-order valence-corrected chi connectivity index (χ4v) is 1.85. The summed E-state index contributed by atoms with van der Waals surface area (Å²) in [6.07, 6.45) is -4.95. The third kappa shape index (κ3) is 4.82. The molecular weight excluding hydrogens is 299 g/mol. The molecule has 1 aromatic rings. The highest BCUT2D eigenvalue weighted by Gasteiger charge is 2.39. The molecule has 0 amide bonds. The molecule has 0 radical (unpaired) electrons. The number of hydrogen-bond acceptors (Lipinski definition) is 3. The van der Waals surface area contributed by atoms with Crippen molar-refractivity contribution < 1.29 is 18.3 Å². The van der Waals surface area contributed by atoms with Crippen LogP contribution in [0, 0.1) is 0 Å². The Morgan fingerprint density at radius 3 is 2.70 bits per heavy atom. The second-order valence-electron chi connectivity index (χ2n) is 4.51. The highest BCUT2D eigenvalue weighted by molar-refractivity contribution is 6.20. The summed E-state index contributed by atoms with van der Waals surface area (Å²) in [5.41, 5.74) is -0.763. The van der Waals surface area contributed by atoms with Crippen molar-refractivity contribution >= 4 is 11.6 Å². The Labute approximate surface area is 118 Å². The van der Waals surface area contributed by atoms with Crippen LogP contribution in [0.3, 0.4) is 0 Å². The van der Waals surface area contributed by atoms with Crippen molar-refractivity contribution in [2.24, 2.45) is 0 Å². The van der Waals surface area contributed by atoms with Gasteiger partial charge in [0.05, 0.1) is 6.54 Å². The van der Waals surface area contributed by atoms with Crippen LogP contribution in [0.15, 0.2) is 4.79 Å². The Bertz CT molecular complexity index is 472. The molecule has 2 atom stereocenters. The summed E-state index contributed by atoms with van der Waals surface area (Å²) in [6, 6.07) is 0. The maximum Gasteiger partial charge on any atom is 0.416 e. The summed E-state index contributed by atoms with van der Waals surface area (Å²) >= 11 is 5.94. The largest absolute Gasteiger partial charge is 0.416 e. The molecule has 0 saturated carbocycles. The van der Waals surface area contributed by atoms with Crippen molar-refractivity contribution in [3.05, 3.63) is 16.3 Å². The summed E-state index contributed by atoms with van der Waals surface area (Å²) in [5, 5.41) is 14.8. The van der Waals surface area contributed by atoms with Crippen LogP contribution in [0.2, 0.25) is 0 Å². The van der Waals surface area contributed by atoms with E-state index in [4.69, 9.17) is 16.7 Å². The Morgan fingerprint density at radius 2 is 2.15 bits per heavy atom. The van der Waals surface area contributed by atoms with E-state index in [1.165, 1.54) is 0 Å². The van der Waals surface area contributed by atoms with Crippen molar-refractivity contribution in [2.75, 3.05) is 0 Å². The number of nitrogens with zero attached hydrogens (tertiary/aromatic N) is 2. The van der Waals surface area contributed by atoms with Gasteiger partial charge in [0, 0.05) is 11.8 Å². The van der Waals surface area contributed by atoms with E-state index < -0.39 is 24.5 Å². The molecule has 20 heavy (non-hydrogen) atoms. The molecule has 0 spiro atoms. The molecule has 1 rings (SSSR count). The number of aromatic amines is 1. The molecular formula is C11H17ClF3N3O2. The van der Waals surface area contributed by atoms with E-state index in [1.807, 2.05) is 6.92 Å². The van der Waals surface area contributed by atoms with Gasteiger partial charge in [-0.15, -0.1) is 11.6 Å². The topological polar surface area (TPSA) is 70.9 Å². The third-order valence-electron chi connectivity index (χ3n) is 2.93. The summed E-state index contributed by atoms with van der Waals surface area (Å²) < 4.78 is 37.7. The maximum absolute atomic E-state index is 12.3. The van der Waals surface area contributed by atoms with Gasteiger partial charge in [-0.2, -0.15) is 18.3 Å². The van der Waals surface area contributed by atoms with Crippen LogP contribution < -0.4 is 5.69 Å². The minimum Gasteiger partial charge on any atom is -0.382 e. The van der Waals surface area contributed by atoms with E-state index >= 15 is 0 Å². The number of H-pyrrole nitrogens is 1. The van der Waals surface area contributed by atoms with Gasteiger partial charge in [0.25, 0.3) is 0 Å². The lowest BCUT2D eigenvalue weighted by Gasteiger charge is -2.15. The van der Waals surface area contributed by atoms with Crippen molar-refractivity contribution in [3.8, 4) is 0 Å². The van der Waals surface area contributed by atoms with E-state index in [-0.39, 0.29) is 11.2 Å². The number of rotatable bonds is 7. The molecule has 116 valence electrons. The van der Waals surface area contributed by atoms with Crippen LogP contribution in [-0.2, 0) is 13.0 Å². The predicted octanol–water partition coefficient (Wildman–Crippen LogP) is 1.83. The second kappa shape index (κ2) is 7.12. The quantitative estimate of drug-likeness (QED) is 0.754. The normalized spacial score (nSPS) is 15.3. The number of aliphatic hydroxyl groups is 1. The highest BCUT2D eigenvalue weighted by atomic mass is 35.5. The summed E-state index contributed by atoms with van der Waals surface area (Å²) in [4.78, 5) is 11.4. The van der Waals surface area contributed by atoms with E-state index in [1.54, 1.807) is 0 Å². The fraction of sp³-hybridized carbons (Fsp3) is 0.818. The molecule has 2 N–H and O–H groups in total. The first-order valence-corrected chi connectivity index (χ1v) is 6.72. The summed E-state index contributed by atoms with van der Waals surface area (Å²) in [6.45, 7) is 1.08. The number of halogens is 4. The van der Waals surface area contributed by atoms with Crippen molar-refractivity contribution in [1.82, 2.24) is 14.8 Å². The van der Waals surface area contributed by atoms with Crippen LogP contribution >= 0.6 is 11.6 Å². The number of aryl methyl sites for hydroxylation is 1. The van der Waals surface area contributed by atoms with E-state index in [9.17, 15) is 18.0 Å². The molecule has 0 fully saturated rings. The van der Waals surface area contributed by atoms with Crippen molar-refractivity contribution in [3.63, 3.8) is 0 Å².